The molecule has 1 aliphatic rings. The molecule has 2 N–H and O–H groups in total. The van der Waals surface area contributed by atoms with Gasteiger partial charge in [-0.05, 0) is 30.5 Å². The lowest BCUT2D eigenvalue weighted by Crippen LogP contribution is -2.49. The van der Waals surface area contributed by atoms with Crippen LogP contribution in [0.4, 0.5) is 0 Å². The first-order chi connectivity index (χ1) is 9.65. The van der Waals surface area contributed by atoms with Crippen molar-refractivity contribution in [1.82, 2.24) is 4.90 Å². The van der Waals surface area contributed by atoms with Crippen LogP contribution in [-0.4, -0.2) is 36.7 Å². The van der Waals surface area contributed by atoms with Gasteiger partial charge in [0.2, 0.25) is 0 Å². The van der Waals surface area contributed by atoms with Crippen LogP contribution in [0.15, 0.2) is 28.7 Å². The summed E-state index contributed by atoms with van der Waals surface area (Å²) in [5, 5.41) is 0. The van der Waals surface area contributed by atoms with E-state index in [-0.39, 0.29) is 12.1 Å². The van der Waals surface area contributed by atoms with Gasteiger partial charge >= 0.3 is 0 Å². The molecule has 112 valence electrons. The van der Waals surface area contributed by atoms with Gasteiger partial charge in [-0.15, -0.1) is 0 Å². The zero-order valence-corrected chi connectivity index (χ0v) is 14.0. The molecule has 20 heavy (non-hydrogen) atoms. The smallest absolute Gasteiger partial charge is 0.0700 e. The van der Waals surface area contributed by atoms with E-state index < -0.39 is 0 Å². The Morgan fingerprint density at radius 3 is 2.65 bits per heavy atom. The van der Waals surface area contributed by atoms with E-state index in [1.54, 1.807) is 0 Å². The summed E-state index contributed by atoms with van der Waals surface area (Å²) in [6.45, 7) is 7.09. The van der Waals surface area contributed by atoms with Crippen LogP contribution < -0.4 is 5.73 Å². The fourth-order valence-electron chi connectivity index (χ4n) is 2.85. The van der Waals surface area contributed by atoms with E-state index in [1.165, 1.54) is 5.56 Å². The number of nitrogens with zero attached hydrogens (tertiary/aromatic N) is 1. The number of morpholine rings is 1. The fraction of sp³-hybridized carbons (Fsp3) is 0.625. The number of ether oxygens (including phenoxy) is 1. The molecule has 0 spiro atoms. The third kappa shape index (κ3) is 3.82. The Labute approximate surface area is 130 Å². The van der Waals surface area contributed by atoms with Gasteiger partial charge in [0.25, 0.3) is 0 Å². The Kier molecular flexibility index (Phi) is 6.02. The molecule has 0 radical (unpaired) electrons. The van der Waals surface area contributed by atoms with Gasteiger partial charge in [-0.1, -0.05) is 41.9 Å². The second-order valence-electron chi connectivity index (χ2n) is 5.46. The summed E-state index contributed by atoms with van der Waals surface area (Å²) in [4.78, 5) is 2.50. The fourth-order valence-corrected chi connectivity index (χ4v) is 3.12. The third-order valence-electron chi connectivity index (χ3n) is 4.11. The van der Waals surface area contributed by atoms with Crippen LogP contribution in [0, 0.1) is 0 Å². The summed E-state index contributed by atoms with van der Waals surface area (Å²) in [5.74, 6) is 0. The van der Waals surface area contributed by atoms with Crippen LogP contribution in [-0.2, 0) is 4.74 Å². The van der Waals surface area contributed by atoms with E-state index in [0.29, 0.717) is 6.10 Å². The standard InChI is InChI=1S/C16H25BrN2O/c1-3-14-11-19(9-10-20-14)16(15(18)4-2)12-5-7-13(17)8-6-12/h5-8,14-16H,3-4,9-11,18H2,1-2H3. The lowest BCUT2D eigenvalue weighted by Gasteiger charge is -2.40. The highest BCUT2D eigenvalue weighted by Crippen LogP contribution is 2.28. The highest BCUT2D eigenvalue weighted by atomic mass is 79.9. The van der Waals surface area contributed by atoms with Crippen molar-refractivity contribution < 1.29 is 4.74 Å². The van der Waals surface area contributed by atoms with Crippen LogP contribution in [0.3, 0.4) is 0 Å². The predicted molar refractivity (Wildman–Crippen MR) is 86.8 cm³/mol. The highest BCUT2D eigenvalue weighted by Gasteiger charge is 2.30. The molecule has 1 aromatic rings. The summed E-state index contributed by atoms with van der Waals surface area (Å²) in [6, 6.07) is 9.00. The van der Waals surface area contributed by atoms with Crippen LogP contribution in [0.1, 0.15) is 38.3 Å². The monoisotopic (exact) mass is 340 g/mol. The number of halogens is 1. The molecule has 1 saturated heterocycles. The SMILES string of the molecule is CCC1CN(C(c2ccc(Br)cc2)C(N)CC)CCO1. The summed E-state index contributed by atoms with van der Waals surface area (Å²) in [6.07, 6.45) is 2.38. The molecule has 1 aromatic carbocycles. The van der Waals surface area contributed by atoms with E-state index in [4.69, 9.17) is 10.5 Å². The minimum Gasteiger partial charge on any atom is -0.376 e. The molecular formula is C16H25BrN2O. The van der Waals surface area contributed by atoms with Crippen molar-refractivity contribution in [1.29, 1.82) is 0 Å². The summed E-state index contributed by atoms with van der Waals surface area (Å²) in [5.41, 5.74) is 7.72. The zero-order valence-electron chi connectivity index (χ0n) is 12.4. The van der Waals surface area contributed by atoms with Crippen molar-refractivity contribution in [2.75, 3.05) is 19.7 Å². The quantitative estimate of drug-likeness (QED) is 0.893. The number of hydrogen-bond donors (Lipinski definition) is 1. The van der Waals surface area contributed by atoms with Crippen LogP contribution >= 0.6 is 15.9 Å². The maximum Gasteiger partial charge on any atom is 0.0700 e. The van der Waals surface area contributed by atoms with Crippen LogP contribution in [0.5, 0.6) is 0 Å². The molecule has 4 heteroatoms. The van der Waals surface area contributed by atoms with E-state index in [9.17, 15) is 0 Å². The van der Waals surface area contributed by atoms with E-state index >= 15 is 0 Å². The van der Waals surface area contributed by atoms with Gasteiger partial charge in [0.15, 0.2) is 0 Å². The van der Waals surface area contributed by atoms with Gasteiger partial charge < -0.3 is 10.5 Å². The van der Waals surface area contributed by atoms with Crippen molar-refractivity contribution in [3.63, 3.8) is 0 Å². The lowest BCUT2D eigenvalue weighted by molar-refractivity contribution is -0.0486. The summed E-state index contributed by atoms with van der Waals surface area (Å²) >= 11 is 3.50. The molecule has 0 amide bonds. The van der Waals surface area contributed by atoms with Crippen molar-refractivity contribution >= 4 is 15.9 Å². The molecule has 1 fully saturated rings. The normalized spacial score (nSPS) is 23.5. The second-order valence-corrected chi connectivity index (χ2v) is 6.38. The van der Waals surface area contributed by atoms with Crippen LogP contribution in [0.25, 0.3) is 0 Å². The predicted octanol–water partition coefficient (Wildman–Crippen LogP) is 3.34. The lowest BCUT2D eigenvalue weighted by atomic mass is 9.95. The summed E-state index contributed by atoms with van der Waals surface area (Å²) < 4.78 is 6.90. The highest BCUT2D eigenvalue weighted by molar-refractivity contribution is 9.10. The average molecular weight is 341 g/mol. The maximum atomic E-state index is 6.41. The summed E-state index contributed by atoms with van der Waals surface area (Å²) in [7, 11) is 0. The molecule has 0 bridgehead atoms. The molecule has 0 aromatic heterocycles. The van der Waals surface area contributed by atoms with Crippen molar-refractivity contribution in [3.05, 3.63) is 34.3 Å². The molecule has 3 nitrogen and oxygen atoms in total. The molecule has 0 saturated carbocycles. The van der Waals surface area contributed by atoms with Gasteiger partial charge in [0, 0.05) is 23.6 Å². The molecular weight excluding hydrogens is 316 g/mol. The number of hydrogen-bond acceptors (Lipinski definition) is 3. The van der Waals surface area contributed by atoms with E-state index in [0.717, 1.165) is 37.0 Å². The van der Waals surface area contributed by atoms with Crippen molar-refractivity contribution in [2.24, 2.45) is 5.73 Å². The maximum absolute atomic E-state index is 6.41. The Morgan fingerprint density at radius 2 is 2.05 bits per heavy atom. The zero-order chi connectivity index (χ0) is 14.5. The minimum absolute atomic E-state index is 0.159. The molecule has 1 aliphatic heterocycles. The Balaban J connectivity index is 2.20. The number of rotatable bonds is 5. The average Bonchev–Trinajstić information content (AvgIpc) is 2.49. The third-order valence-corrected chi connectivity index (χ3v) is 4.64. The largest absolute Gasteiger partial charge is 0.376 e. The van der Waals surface area contributed by atoms with Crippen molar-refractivity contribution in [2.45, 2.75) is 44.9 Å². The first kappa shape index (κ1) is 16.0. The van der Waals surface area contributed by atoms with Gasteiger partial charge in [0.05, 0.1) is 18.8 Å². The number of nitrogens with two attached hydrogens (primary N) is 1. The Morgan fingerprint density at radius 1 is 1.35 bits per heavy atom. The molecule has 2 rings (SSSR count). The van der Waals surface area contributed by atoms with Crippen LogP contribution in [0.2, 0.25) is 0 Å². The first-order valence-electron chi connectivity index (χ1n) is 7.52. The Bertz CT molecular complexity index is 409. The topological polar surface area (TPSA) is 38.5 Å². The van der Waals surface area contributed by atoms with Crippen molar-refractivity contribution in [3.8, 4) is 0 Å². The molecule has 3 unspecified atom stereocenters. The second kappa shape index (κ2) is 7.55. The molecule has 0 aliphatic carbocycles. The Hall–Kier alpha value is -0.420. The van der Waals surface area contributed by atoms with Gasteiger partial charge in [-0.2, -0.15) is 0 Å². The van der Waals surface area contributed by atoms with Gasteiger partial charge in [-0.25, -0.2) is 0 Å². The number of benzene rings is 1. The van der Waals surface area contributed by atoms with E-state index in [2.05, 4.69) is 58.9 Å². The van der Waals surface area contributed by atoms with Gasteiger partial charge in [0.1, 0.15) is 0 Å². The molecule has 3 atom stereocenters. The van der Waals surface area contributed by atoms with E-state index in [1.807, 2.05) is 0 Å². The van der Waals surface area contributed by atoms with Gasteiger partial charge in [-0.3, -0.25) is 4.90 Å². The first-order valence-corrected chi connectivity index (χ1v) is 8.31. The minimum atomic E-state index is 0.159. The molecule has 1 heterocycles.